The summed E-state index contributed by atoms with van der Waals surface area (Å²) in [7, 11) is 0. The predicted molar refractivity (Wildman–Crippen MR) is 241 cm³/mol. The van der Waals surface area contributed by atoms with Crippen LogP contribution in [0, 0.1) is 45.3 Å². The van der Waals surface area contributed by atoms with E-state index < -0.39 is 39.5 Å². The number of hydrogen-bond donors (Lipinski definition) is 6. The maximum atomic E-state index is 15.2. The number of epoxide rings is 1. The zero-order chi connectivity index (χ0) is 44.2. The van der Waals surface area contributed by atoms with Crippen molar-refractivity contribution in [3.63, 3.8) is 0 Å². The molecule has 6 fully saturated rings. The van der Waals surface area contributed by atoms with Crippen LogP contribution in [0.4, 0.5) is 5.69 Å². The van der Waals surface area contributed by atoms with Crippen molar-refractivity contribution in [3.05, 3.63) is 70.8 Å². The molecule has 4 saturated carbocycles. The second kappa shape index (κ2) is 15.5. The first kappa shape index (κ1) is 44.1. The monoisotopic (exact) mass is 851 g/mol. The number of fused-ring (bicyclic) bond motifs is 4. The summed E-state index contributed by atoms with van der Waals surface area (Å²) >= 11 is 0. The van der Waals surface area contributed by atoms with Gasteiger partial charge in [-0.1, -0.05) is 76.8 Å². The molecule has 2 saturated heterocycles. The average molecular weight is 851 g/mol. The Morgan fingerprint density at radius 3 is 2.42 bits per heavy atom. The van der Waals surface area contributed by atoms with Crippen molar-refractivity contribution < 1.29 is 34.8 Å². The van der Waals surface area contributed by atoms with Gasteiger partial charge < -0.3 is 36.2 Å². The van der Waals surface area contributed by atoms with E-state index in [0.29, 0.717) is 51.0 Å². The summed E-state index contributed by atoms with van der Waals surface area (Å²) in [5.74, 6) is 0.716. The molecular weight excluding hydrogens is 777 g/mol. The van der Waals surface area contributed by atoms with Crippen LogP contribution < -0.4 is 11.1 Å². The molecule has 2 aromatic rings. The van der Waals surface area contributed by atoms with Gasteiger partial charge in [-0.05, 0) is 159 Å². The van der Waals surface area contributed by atoms with Crippen molar-refractivity contribution in [2.45, 2.75) is 173 Å². The van der Waals surface area contributed by atoms with E-state index >= 15 is 4.79 Å². The number of hydrogen-bond acceptors (Lipinski definition) is 9. The molecule has 62 heavy (non-hydrogen) atoms. The highest BCUT2D eigenvalue weighted by Crippen LogP contribution is 2.76. The number of aliphatic hydroxyl groups excluding tert-OH is 2. The van der Waals surface area contributed by atoms with Gasteiger partial charge in [-0.3, -0.25) is 9.59 Å². The van der Waals surface area contributed by atoms with Gasteiger partial charge in [0.15, 0.2) is 5.78 Å². The Morgan fingerprint density at radius 2 is 1.68 bits per heavy atom. The van der Waals surface area contributed by atoms with Crippen molar-refractivity contribution in [3.8, 4) is 5.75 Å². The van der Waals surface area contributed by atoms with Crippen molar-refractivity contribution >= 4 is 17.3 Å². The largest absolute Gasteiger partial charge is 0.508 e. The van der Waals surface area contributed by atoms with Crippen LogP contribution >= 0.6 is 0 Å². The number of ketones is 2. The Hall–Kier alpha value is -3.08. The van der Waals surface area contributed by atoms with Gasteiger partial charge in [0, 0.05) is 48.0 Å². The molecule has 9 rings (SSSR count). The highest BCUT2D eigenvalue weighted by Gasteiger charge is 2.73. The maximum Gasteiger partial charge on any atom is 0.159 e. The molecule has 9 nitrogen and oxygen atoms in total. The molecule has 0 aromatic heterocycles. The number of allylic oxidation sites excluding steroid dienone is 2. The molecule has 15 unspecified atom stereocenters. The first-order chi connectivity index (χ1) is 29.3. The number of Topliss-reactive ketones (excluding diaryl/α,β-unsaturated/α-hetero) is 2. The molecule has 0 spiro atoms. The van der Waals surface area contributed by atoms with Gasteiger partial charge in [0.2, 0.25) is 0 Å². The highest BCUT2D eigenvalue weighted by atomic mass is 16.6. The Kier molecular flexibility index (Phi) is 11.1. The molecule has 5 aliphatic carbocycles. The number of carbonyl (C=O) groups excluding carboxylic acids is 2. The topological polar surface area (TPSA) is 166 Å². The Balaban J connectivity index is 1.06. The Labute approximate surface area is 369 Å². The molecule has 0 radical (unpaired) electrons. The van der Waals surface area contributed by atoms with Crippen LogP contribution in [0.3, 0.4) is 0 Å². The third-order valence-electron chi connectivity index (χ3n) is 19.1. The number of rotatable bonds is 9. The highest BCUT2D eigenvalue weighted by molar-refractivity contribution is 6.00. The van der Waals surface area contributed by atoms with E-state index in [-0.39, 0.29) is 65.2 Å². The number of benzene rings is 2. The van der Waals surface area contributed by atoms with Crippen molar-refractivity contribution in [1.29, 1.82) is 0 Å². The van der Waals surface area contributed by atoms with E-state index in [1.54, 1.807) is 12.1 Å². The second-order valence-corrected chi connectivity index (χ2v) is 22.8. The summed E-state index contributed by atoms with van der Waals surface area (Å²) in [6, 6.07) is 15.4. The lowest BCUT2D eigenvalue weighted by atomic mass is 9.33. The summed E-state index contributed by atoms with van der Waals surface area (Å²) in [6.45, 7) is 13.5. The molecule has 9 heteroatoms. The van der Waals surface area contributed by atoms with Crippen LogP contribution in [-0.2, 0) is 14.3 Å². The third-order valence-corrected chi connectivity index (χ3v) is 19.1. The number of β-amino-alcohol motifs (C(OH)–C–C–N with tert-alkyl or cyclic N) is 1. The molecule has 0 amide bonds. The van der Waals surface area contributed by atoms with Gasteiger partial charge in [0.1, 0.15) is 17.6 Å². The number of nitrogen functional groups attached to an aromatic ring is 1. The number of anilines is 1. The van der Waals surface area contributed by atoms with E-state index in [2.05, 4.69) is 52.1 Å². The molecule has 15 atom stereocenters. The number of carbonyl (C=O) groups is 2. The molecule has 2 heterocycles. The number of nitrogens with two attached hydrogens (primary N) is 1. The third kappa shape index (κ3) is 6.79. The fourth-order valence-corrected chi connectivity index (χ4v) is 16.5. The van der Waals surface area contributed by atoms with E-state index in [1.807, 2.05) is 31.2 Å². The average Bonchev–Trinajstić information content (AvgIpc) is 3.51. The quantitative estimate of drug-likeness (QED) is 0.107. The van der Waals surface area contributed by atoms with Gasteiger partial charge in [0.25, 0.3) is 0 Å². The van der Waals surface area contributed by atoms with Crippen LogP contribution in [0.5, 0.6) is 5.75 Å². The minimum absolute atomic E-state index is 0.0101. The van der Waals surface area contributed by atoms with Crippen LogP contribution in [0.1, 0.15) is 154 Å². The van der Waals surface area contributed by atoms with E-state index in [1.165, 1.54) is 11.1 Å². The number of phenols is 1. The zero-order valence-electron chi connectivity index (χ0n) is 38.2. The number of nitrogens with one attached hydrogen (secondary N) is 1. The van der Waals surface area contributed by atoms with Crippen LogP contribution in [0.2, 0.25) is 0 Å². The molecular formula is C53H74N2O7. The molecule has 0 bridgehead atoms. The molecule has 2 aliphatic heterocycles. The van der Waals surface area contributed by atoms with Crippen LogP contribution in [-0.4, -0.2) is 74.6 Å². The fourth-order valence-electron chi connectivity index (χ4n) is 16.5. The van der Waals surface area contributed by atoms with E-state index in [9.17, 15) is 25.2 Å². The van der Waals surface area contributed by atoms with E-state index in [4.69, 9.17) is 10.5 Å². The van der Waals surface area contributed by atoms with E-state index in [0.717, 1.165) is 68.2 Å². The number of aliphatic hydroxyl groups is 3. The van der Waals surface area contributed by atoms with Crippen molar-refractivity contribution in [2.75, 3.05) is 18.9 Å². The first-order valence-electron chi connectivity index (χ1n) is 24.2. The summed E-state index contributed by atoms with van der Waals surface area (Å²) < 4.78 is 6.51. The standard InChI is InChI=1S/C53H74N2O7/c1-31(24-41(58)47-52(6,62-47)38-17-11-16-36(38)32-12-9-14-34(54)25-32)44-39-18-19-43-50(4)27-37(33-13-10-15-35(57)26-33)46(60)49(3)21-8-7-20-48(2,61)30-55-40(45(49)50)28-53(43,22-23-56)51(39,5)29-42(44)59/h9-10,12-15,25-26,31,36-38,40-41,43,45,47,55-58,61H,7-8,11,16-24,27-30,54H2,1-6H3. The smallest absolute Gasteiger partial charge is 0.159 e. The van der Waals surface area contributed by atoms with Crippen LogP contribution in [0.25, 0.3) is 0 Å². The molecule has 7 aliphatic rings. The van der Waals surface area contributed by atoms with Gasteiger partial charge in [-0.15, -0.1) is 0 Å². The van der Waals surface area contributed by atoms with Crippen LogP contribution in [0.15, 0.2) is 59.7 Å². The van der Waals surface area contributed by atoms with Gasteiger partial charge in [-0.25, -0.2) is 0 Å². The maximum absolute atomic E-state index is 15.2. The molecule has 2 aromatic carbocycles. The van der Waals surface area contributed by atoms with Crippen molar-refractivity contribution in [2.24, 2.45) is 45.3 Å². The second-order valence-electron chi connectivity index (χ2n) is 22.8. The molecule has 7 N–H and O–H groups in total. The SMILES string of the molecule is CC(CC(O)C1OC1(C)C1CCCC1c1cccc(N)c1)C1=C2CCC3C4(C)CC(c5cccc(O)c5)C(=O)C5(C)CCCCC(C)(O)CNC(CC3(CCO)C2(C)CC1=O)C54. The number of ether oxygens (including phenoxy) is 1. The van der Waals surface area contributed by atoms with Crippen molar-refractivity contribution in [1.82, 2.24) is 5.32 Å². The summed E-state index contributed by atoms with van der Waals surface area (Å²) in [5.41, 5.74) is 7.79. The van der Waals surface area contributed by atoms with Gasteiger partial charge in [-0.2, -0.15) is 0 Å². The summed E-state index contributed by atoms with van der Waals surface area (Å²) in [5, 5.41) is 49.4. The molecule has 338 valence electrons. The lowest BCUT2D eigenvalue weighted by Gasteiger charge is -2.71. The van der Waals surface area contributed by atoms with Gasteiger partial charge in [0.05, 0.1) is 17.3 Å². The normalized spacial score (nSPS) is 44.0. The summed E-state index contributed by atoms with van der Waals surface area (Å²) in [6.07, 6.45) is 9.57. The lowest BCUT2D eigenvalue weighted by molar-refractivity contribution is -0.208. The van der Waals surface area contributed by atoms with Gasteiger partial charge >= 0.3 is 0 Å². The Bertz CT molecular complexity index is 2120. The number of aromatic hydroxyl groups is 1. The fraction of sp³-hybridized carbons (Fsp3) is 0.698. The lowest BCUT2D eigenvalue weighted by Crippen LogP contribution is -2.71. The number of phenolic OH excluding ortho intramolecular Hbond substituents is 1. The summed E-state index contributed by atoms with van der Waals surface area (Å²) in [4.78, 5) is 30.0. The first-order valence-corrected chi connectivity index (χ1v) is 24.2. The zero-order valence-corrected chi connectivity index (χ0v) is 38.2. The minimum atomic E-state index is -0.905. The Morgan fingerprint density at radius 1 is 0.935 bits per heavy atom. The minimum Gasteiger partial charge on any atom is -0.508 e. The predicted octanol–water partition coefficient (Wildman–Crippen LogP) is 8.53.